The van der Waals surface area contributed by atoms with Crippen molar-refractivity contribution in [3.8, 4) is 17.2 Å². The molecule has 6 heteroatoms. The van der Waals surface area contributed by atoms with Gasteiger partial charge in [-0.25, -0.2) is 0 Å². The number of para-hydroxylation sites is 2. The van der Waals surface area contributed by atoms with Gasteiger partial charge in [-0.3, -0.25) is 9.78 Å². The molecule has 0 fully saturated rings. The molecule has 1 aliphatic heterocycles. The van der Waals surface area contributed by atoms with Gasteiger partial charge in [-0.2, -0.15) is 0 Å². The number of carbonyl (C=O) groups excluding carboxylic acids is 1. The van der Waals surface area contributed by atoms with Crippen molar-refractivity contribution in [2.24, 2.45) is 0 Å². The van der Waals surface area contributed by atoms with Gasteiger partial charge in [0.2, 0.25) is 0 Å². The van der Waals surface area contributed by atoms with Crippen LogP contribution in [0.1, 0.15) is 10.4 Å². The van der Waals surface area contributed by atoms with Gasteiger partial charge in [0.15, 0.2) is 11.5 Å². The van der Waals surface area contributed by atoms with Crippen LogP contribution in [0.15, 0.2) is 42.7 Å². The first-order valence-corrected chi connectivity index (χ1v) is 6.53. The van der Waals surface area contributed by atoms with Gasteiger partial charge in [0.25, 0.3) is 5.91 Å². The summed E-state index contributed by atoms with van der Waals surface area (Å²) in [6.07, 6.45) is 2.41. The van der Waals surface area contributed by atoms with Gasteiger partial charge in [-0.05, 0) is 18.2 Å². The lowest BCUT2D eigenvalue weighted by molar-refractivity contribution is 0.0789. The Kier molecular flexibility index (Phi) is 3.59. The molecule has 21 heavy (non-hydrogen) atoms. The number of hydrogen-bond donors (Lipinski definition) is 2. The van der Waals surface area contributed by atoms with Gasteiger partial charge in [-0.1, -0.05) is 12.1 Å². The van der Waals surface area contributed by atoms with Crippen LogP contribution in [0.5, 0.6) is 17.2 Å². The highest BCUT2D eigenvalue weighted by Crippen LogP contribution is 2.30. The summed E-state index contributed by atoms with van der Waals surface area (Å²) in [5.74, 6) is 1.01. The average Bonchev–Trinajstić information content (AvgIpc) is 2.52. The Bertz CT molecular complexity index is 660. The summed E-state index contributed by atoms with van der Waals surface area (Å²) >= 11 is 0. The van der Waals surface area contributed by atoms with Crippen LogP contribution in [0.3, 0.4) is 0 Å². The van der Waals surface area contributed by atoms with Crippen molar-refractivity contribution in [2.45, 2.75) is 6.10 Å². The van der Waals surface area contributed by atoms with Gasteiger partial charge in [-0.15, -0.1) is 0 Å². The highest BCUT2D eigenvalue weighted by molar-refractivity contribution is 5.94. The Hall–Kier alpha value is -2.76. The van der Waals surface area contributed by atoms with E-state index in [1.807, 2.05) is 24.3 Å². The van der Waals surface area contributed by atoms with Gasteiger partial charge >= 0.3 is 0 Å². The van der Waals surface area contributed by atoms with Crippen LogP contribution in [0.4, 0.5) is 0 Å². The molecule has 0 radical (unpaired) electrons. The quantitative estimate of drug-likeness (QED) is 0.890. The molecule has 1 aromatic heterocycles. The molecule has 0 saturated carbocycles. The summed E-state index contributed by atoms with van der Waals surface area (Å²) in [5.41, 5.74) is 0.298. The number of carbonyl (C=O) groups is 1. The number of aromatic nitrogens is 1. The zero-order valence-corrected chi connectivity index (χ0v) is 11.2. The standard InChI is InChI=1S/C15H14N2O4/c18-11-5-10(6-16-7-11)15(19)17-8-12-9-20-13-3-1-2-4-14(13)21-12/h1-7,12,18H,8-9H2,(H,17,19). The molecule has 0 spiro atoms. The van der Waals surface area contributed by atoms with Crippen LogP contribution < -0.4 is 14.8 Å². The van der Waals surface area contributed by atoms with Crippen molar-refractivity contribution >= 4 is 5.91 Å². The molecular formula is C15H14N2O4. The molecule has 1 amide bonds. The van der Waals surface area contributed by atoms with Crippen molar-refractivity contribution in [3.63, 3.8) is 0 Å². The van der Waals surface area contributed by atoms with Gasteiger partial charge in [0.05, 0.1) is 18.3 Å². The van der Waals surface area contributed by atoms with Crippen molar-refractivity contribution in [1.82, 2.24) is 10.3 Å². The third kappa shape index (κ3) is 3.05. The molecule has 108 valence electrons. The van der Waals surface area contributed by atoms with E-state index in [1.165, 1.54) is 18.5 Å². The number of pyridine rings is 1. The Morgan fingerprint density at radius 3 is 2.95 bits per heavy atom. The molecule has 1 unspecified atom stereocenters. The van der Waals surface area contributed by atoms with E-state index in [0.29, 0.717) is 30.2 Å². The molecule has 2 N–H and O–H groups in total. The first kappa shape index (κ1) is 13.2. The minimum atomic E-state index is -0.319. The third-order valence-electron chi connectivity index (χ3n) is 3.04. The van der Waals surface area contributed by atoms with Gasteiger partial charge < -0.3 is 19.9 Å². The predicted molar refractivity (Wildman–Crippen MR) is 74.6 cm³/mol. The van der Waals surface area contributed by atoms with Crippen molar-refractivity contribution in [1.29, 1.82) is 0 Å². The smallest absolute Gasteiger partial charge is 0.253 e. The van der Waals surface area contributed by atoms with E-state index in [4.69, 9.17) is 9.47 Å². The van der Waals surface area contributed by atoms with E-state index in [9.17, 15) is 9.90 Å². The fourth-order valence-corrected chi connectivity index (χ4v) is 2.02. The number of nitrogens with one attached hydrogen (secondary N) is 1. The van der Waals surface area contributed by atoms with E-state index in [2.05, 4.69) is 10.3 Å². The zero-order chi connectivity index (χ0) is 14.7. The number of fused-ring (bicyclic) bond motifs is 1. The maximum absolute atomic E-state index is 11.9. The van der Waals surface area contributed by atoms with Crippen LogP contribution in [0, 0.1) is 0 Å². The molecule has 0 aliphatic carbocycles. The fourth-order valence-electron chi connectivity index (χ4n) is 2.02. The van der Waals surface area contributed by atoms with Crippen molar-refractivity contribution in [3.05, 3.63) is 48.3 Å². The number of aromatic hydroxyl groups is 1. The molecule has 6 nitrogen and oxygen atoms in total. The maximum atomic E-state index is 11.9. The van der Waals surface area contributed by atoms with Crippen LogP contribution in [0.2, 0.25) is 0 Å². The molecule has 1 aromatic carbocycles. The summed E-state index contributed by atoms with van der Waals surface area (Å²) in [6, 6.07) is 8.75. The lowest BCUT2D eigenvalue weighted by atomic mass is 10.2. The van der Waals surface area contributed by atoms with E-state index in [1.54, 1.807) is 0 Å². The number of benzene rings is 1. The minimum absolute atomic E-state index is 0.0474. The topological polar surface area (TPSA) is 80.7 Å². The molecule has 1 atom stereocenters. The van der Waals surface area contributed by atoms with Crippen molar-refractivity contribution < 1.29 is 19.4 Å². The molecule has 1 aliphatic rings. The summed E-state index contributed by atoms with van der Waals surface area (Å²) in [5, 5.41) is 12.0. The summed E-state index contributed by atoms with van der Waals surface area (Å²) in [7, 11) is 0. The lowest BCUT2D eigenvalue weighted by Gasteiger charge is -2.26. The Labute approximate surface area is 121 Å². The minimum Gasteiger partial charge on any atom is -0.506 e. The molecule has 2 heterocycles. The molecule has 2 aromatic rings. The van der Waals surface area contributed by atoms with E-state index < -0.39 is 0 Å². The second-order valence-electron chi connectivity index (χ2n) is 4.64. The van der Waals surface area contributed by atoms with Crippen LogP contribution in [-0.4, -0.2) is 35.3 Å². The predicted octanol–water partition coefficient (Wildman–Crippen LogP) is 1.36. The number of amides is 1. The first-order chi connectivity index (χ1) is 10.2. The summed E-state index contributed by atoms with van der Waals surface area (Å²) in [4.78, 5) is 15.7. The third-order valence-corrected chi connectivity index (χ3v) is 3.04. The molecular weight excluding hydrogens is 272 g/mol. The number of hydrogen-bond acceptors (Lipinski definition) is 5. The number of rotatable bonds is 3. The average molecular weight is 286 g/mol. The van der Waals surface area contributed by atoms with Crippen LogP contribution >= 0.6 is 0 Å². The van der Waals surface area contributed by atoms with Gasteiger partial charge in [0, 0.05) is 6.20 Å². The van der Waals surface area contributed by atoms with Crippen molar-refractivity contribution in [2.75, 3.05) is 13.2 Å². The second-order valence-corrected chi connectivity index (χ2v) is 4.64. The SMILES string of the molecule is O=C(NCC1COc2ccccc2O1)c1cncc(O)c1. The van der Waals surface area contributed by atoms with Crippen LogP contribution in [-0.2, 0) is 0 Å². The maximum Gasteiger partial charge on any atom is 0.253 e. The molecule has 0 bridgehead atoms. The molecule has 3 rings (SSSR count). The van der Waals surface area contributed by atoms with E-state index in [0.717, 1.165) is 0 Å². The van der Waals surface area contributed by atoms with Crippen LogP contribution in [0.25, 0.3) is 0 Å². The van der Waals surface area contributed by atoms with E-state index >= 15 is 0 Å². The Morgan fingerprint density at radius 2 is 2.14 bits per heavy atom. The number of ether oxygens (including phenoxy) is 2. The monoisotopic (exact) mass is 286 g/mol. The lowest BCUT2D eigenvalue weighted by Crippen LogP contribution is -2.40. The molecule has 0 saturated heterocycles. The first-order valence-electron chi connectivity index (χ1n) is 6.53. The highest BCUT2D eigenvalue weighted by atomic mass is 16.6. The Morgan fingerprint density at radius 1 is 1.33 bits per heavy atom. The summed E-state index contributed by atoms with van der Waals surface area (Å²) in [6.45, 7) is 0.679. The normalized spacial score (nSPS) is 16.3. The fraction of sp³-hybridized carbons (Fsp3) is 0.200. The summed E-state index contributed by atoms with van der Waals surface area (Å²) < 4.78 is 11.3. The highest BCUT2D eigenvalue weighted by Gasteiger charge is 2.21. The van der Waals surface area contributed by atoms with Gasteiger partial charge in [0.1, 0.15) is 18.5 Å². The van der Waals surface area contributed by atoms with E-state index in [-0.39, 0.29) is 17.8 Å². The second kappa shape index (κ2) is 5.70. The number of nitrogens with zero attached hydrogens (tertiary/aromatic N) is 1. The Balaban J connectivity index is 1.58. The largest absolute Gasteiger partial charge is 0.506 e. The zero-order valence-electron chi connectivity index (χ0n) is 11.2.